The Hall–Kier alpha value is -0.320. The van der Waals surface area contributed by atoms with Crippen LogP contribution in [0.2, 0.25) is 10.0 Å². The number of methoxy groups -OCH3 is 1. The minimum atomic E-state index is 0.225. The number of ether oxygens (including phenoxy) is 2. The Labute approximate surface area is 131 Å². The standard InChI is InChI=1S/C15H23Cl2NO2/c1-3-7-18-13(11-20-9-8-19-2)10-12-5-4-6-14(16)15(12)17/h4-6,13,18H,3,7-11H2,1-2H3. The molecule has 3 nitrogen and oxygen atoms in total. The van der Waals surface area contributed by atoms with Crippen LogP contribution in [0.15, 0.2) is 18.2 Å². The Morgan fingerprint density at radius 2 is 2.05 bits per heavy atom. The normalized spacial score (nSPS) is 12.6. The number of benzene rings is 1. The van der Waals surface area contributed by atoms with Crippen LogP contribution in [0, 0.1) is 0 Å². The van der Waals surface area contributed by atoms with Crippen molar-refractivity contribution in [1.29, 1.82) is 0 Å². The molecular weight excluding hydrogens is 297 g/mol. The van der Waals surface area contributed by atoms with Gasteiger partial charge in [-0.05, 0) is 31.0 Å². The van der Waals surface area contributed by atoms with E-state index in [9.17, 15) is 0 Å². The van der Waals surface area contributed by atoms with Gasteiger partial charge in [-0.25, -0.2) is 0 Å². The Morgan fingerprint density at radius 3 is 2.75 bits per heavy atom. The highest BCUT2D eigenvalue weighted by atomic mass is 35.5. The average molecular weight is 320 g/mol. The molecule has 0 radical (unpaired) electrons. The summed E-state index contributed by atoms with van der Waals surface area (Å²) in [6.07, 6.45) is 1.88. The number of halogens is 2. The molecular formula is C15H23Cl2NO2. The first-order chi connectivity index (χ1) is 9.69. The van der Waals surface area contributed by atoms with Crippen molar-refractivity contribution >= 4 is 23.2 Å². The van der Waals surface area contributed by atoms with E-state index in [4.69, 9.17) is 32.7 Å². The molecule has 0 saturated carbocycles. The first-order valence-corrected chi connectivity index (χ1v) is 7.67. The van der Waals surface area contributed by atoms with E-state index in [1.54, 1.807) is 13.2 Å². The van der Waals surface area contributed by atoms with Gasteiger partial charge in [0.25, 0.3) is 0 Å². The molecule has 1 N–H and O–H groups in total. The first kappa shape index (κ1) is 17.7. The average Bonchev–Trinajstić information content (AvgIpc) is 2.45. The quantitative estimate of drug-likeness (QED) is 0.669. The highest BCUT2D eigenvalue weighted by Crippen LogP contribution is 2.26. The summed E-state index contributed by atoms with van der Waals surface area (Å²) in [5, 5.41) is 4.70. The fraction of sp³-hybridized carbons (Fsp3) is 0.600. The van der Waals surface area contributed by atoms with Gasteiger partial charge in [0.05, 0.1) is 29.9 Å². The van der Waals surface area contributed by atoms with Crippen LogP contribution in [0.25, 0.3) is 0 Å². The Kier molecular flexibility index (Phi) is 9.23. The molecule has 0 aliphatic rings. The smallest absolute Gasteiger partial charge is 0.0701 e. The van der Waals surface area contributed by atoms with Gasteiger partial charge in [-0.2, -0.15) is 0 Å². The lowest BCUT2D eigenvalue weighted by atomic mass is 10.1. The van der Waals surface area contributed by atoms with Gasteiger partial charge in [-0.3, -0.25) is 0 Å². The van der Waals surface area contributed by atoms with E-state index < -0.39 is 0 Å². The zero-order valence-electron chi connectivity index (χ0n) is 12.1. The SMILES string of the molecule is CCCNC(COCCOC)Cc1cccc(Cl)c1Cl. The molecule has 1 aromatic rings. The van der Waals surface area contributed by atoms with Crippen molar-refractivity contribution in [1.82, 2.24) is 5.32 Å². The predicted octanol–water partition coefficient (Wildman–Crippen LogP) is 3.57. The molecule has 20 heavy (non-hydrogen) atoms. The number of hydrogen-bond donors (Lipinski definition) is 1. The number of nitrogens with one attached hydrogen (secondary N) is 1. The van der Waals surface area contributed by atoms with Gasteiger partial charge in [0.15, 0.2) is 0 Å². The molecule has 0 amide bonds. The lowest BCUT2D eigenvalue weighted by molar-refractivity contribution is 0.0587. The van der Waals surface area contributed by atoms with Gasteiger partial charge in [-0.1, -0.05) is 42.3 Å². The molecule has 114 valence electrons. The molecule has 0 saturated heterocycles. The van der Waals surface area contributed by atoms with Gasteiger partial charge in [-0.15, -0.1) is 0 Å². The van der Waals surface area contributed by atoms with Crippen molar-refractivity contribution < 1.29 is 9.47 Å². The molecule has 0 heterocycles. The molecule has 0 aromatic heterocycles. The molecule has 0 aliphatic carbocycles. The van der Waals surface area contributed by atoms with Gasteiger partial charge in [0.1, 0.15) is 0 Å². The van der Waals surface area contributed by atoms with Crippen LogP contribution < -0.4 is 5.32 Å². The van der Waals surface area contributed by atoms with E-state index in [-0.39, 0.29) is 6.04 Å². The predicted molar refractivity (Wildman–Crippen MR) is 84.9 cm³/mol. The van der Waals surface area contributed by atoms with Crippen LogP contribution in [0.5, 0.6) is 0 Å². The molecule has 1 atom stereocenters. The fourth-order valence-corrected chi connectivity index (χ4v) is 2.28. The lowest BCUT2D eigenvalue weighted by Gasteiger charge is -2.19. The van der Waals surface area contributed by atoms with Crippen molar-refractivity contribution in [3.8, 4) is 0 Å². The van der Waals surface area contributed by atoms with Crippen LogP contribution in [0.1, 0.15) is 18.9 Å². The summed E-state index contributed by atoms with van der Waals surface area (Å²) in [6.45, 7) is 4.94. The third kappa shape index (κ3) is 6.42. The zero-order valence-corrected chi connectivity index (χ0v) is 13.6. The summed E-state index contributed by atoms with van der Waals surface area (Å²) in [6, 6.07) is 5.95. The van der Waals surface area contributed by atoms with Gasteiger partial charge < -0.3 is 14.8 Å². The Balaban J connectivity index is 2.56. The molecule has 1 aromatic carbocycles. The van der Waals surface area contributed by atoms with Crippen molar-refractivity contribution in [2.24, 2.45) is 0 Å². The molecule has 0 bridgehead atoms. The van der Waals surface area contributed by atoms with Crippen molar-refractivity contribution in [3.63, 3.8) is 0 Å². The number of hydrogen-bond acceptors (Lipinski definition) is 3. The highest BCUT2D eigenvalue weighted by Gasteiger charge is 2.12. The minimum absolute atomic E-state index is 0.225. The van der Waals surface area contributed by atoms with Crippen LogP contribution in [0.4, 0.5) is 0 Å². The van der Waals surface area contributed by atoms with Crippen LogP contribution in [-0.2, 0) is 15.9 Å². The summed E-state index contributed by atoms with van der Waals surface area (Å²) in [4.78, 5) is 0. The third-order valence-corrected chi connectivity index (χ3v) is 3.79. The van der Waals surface area contributed by atoms with Crippen LogP contribution in [-0.4, -0.2) is 39.5 Å². The molecule has 1 rings (SSSR count). The monoisotopic (exact) mass is 319 g/mol. The minimum Gasteiger partial charge on any atom is -0.382 e. The molecule has 1 unspecified atom stereocenters. The second-order valence-corrected chi connectivity index (χ2v) is 5.42. The Bertz CT molecular complexity index is 388. The maximum atomic E-state index is 6.23. The van der Waals surface area contributed by atoms with E-state index >= 15 is 0 Å². The van der Waals surface area contributed by atoms with Crippen molar-refractivity contribution in [3.05, 3.63) is 33.8 Å². The molecule has 0 spiro atoms. The van der Waals surface area contributed by atoms with Crippen LogP contribution in [0.3, 0.4) is 0 Å². The van der Waals surface area contributed by atoms with E-state index in [0.29, 0.717) is 29.9 Å². The summed E-state index contributed by atoms with van der Waals surface area (Å²) in [7, 11) is 1.67. The van der Waals surface area contributed by atoms with Gasteiger partial charge in [0.2, 0.25) is 0 Å². The topological polar surface area (TPSA) is 30.5 Å². The van der Waals surface area contributed by atoms with E-state index in [2.05, 4.69) is 12.2 Å². The van der Waals surface area contributed by atoms with Crippen LogP contribution >= 0.6 is 23.2 Å². The largest absolute Gasteiger partial charge is 0.382 e. The summed E-state index contributed by atoms with van der Waals surface area (Å²) in [5.74, 6) is 0. The van der Waals surface area contributed by atoms with Crippen molar-refractivity contribution in [2.45, 2.75) is 25.8 Å². The molecule has 5 heteroatoms. The van der Waals surface area contributed by atoms with Crippen molar-refractivity contribution in [2.75, 3.05) is 33.5 Å². The molecule has 0 aliphatic heterocycles. The summed E-state index contributed by atoms with van der Waals surface area (Å²) < 4.78 is 10.6. The third-order valence-electron chi connectivity index (χ3n) is 2.93. The van der Waals surface area contributed by atoms with Gasteiger partial charge >= 0.3 is 0 Å². The maximum Gasteiger partial charge on any atom is 0.0701 e. The highest BCUT2D eigenvalue weighted by molar-refractivity contribution is 6.42. The fourth-order valence-electron chi connectivity index (χ4n) is 1.88. The maximum absolute atomic E-state index is 6.23. The second-order valence-electron chi connectivity index (χ2n) is 4.64. The van der Waals surface area contributed by atoms with E-state index in [1.807, 2.05) is 12.1 Å². The summed E-state index contributed by atoms with van der Waals surface area (Å²) in [5.41, 5.74) is 1.04. The van der Waals surface area contributed by atoms with E-state index in [0.717, 1.165) is 24.9 Å². The second kappa shape index (κ2) is 10.4. The van der Waals surface area contributed by atoms with Gasteiger partial charge in [0, 0.05) is 13.2 Å². The first-order valence-electron chi connectivity index (χ1n) is 6.92. The molecule has 0 fully saturated rings. The zero-order chi connectivity index (χ0) is 14.8. The lowest BCUT2D eigenvalue weighted by Crippen LogP contribution is -2.36. The Morgan fingerprint density at radius 1 is 1.25 bits per heavy atom. The van der Waals surface area contributed by atoms with E-state index in [1.165, 1.54) is 0 Å². The number of rotatable bonds is 10. The summed E-state index contributed by atoms with van der Waals surface area (Å²) >= 11 is 12.3.